The summed E-state index contributed by atoms with van der Waals surface area (Å²) in [5.74, 6) is 3.15. The van der Waals surface area contributed by atoms with Crippen molar-refractivity contribution in [2.75, 3.05) is 20.1 Å². The number of nitrogens with zero attached hydrogens (tertiary/aromatic N) is 1. The van der Waals surface area contributed by atoms with E-state index in [1.165, 1.54) is 45.1 Å². The molecule has 0 aromatic carbocycles. The smallest absolute Gasteiger partial charge is 0.00644 e. The van der Waals surface area contributed by atoms with Gasteiger partial charge in [0.25, 0.3) is 0 Å². The number of nitrogens with two attached hydrogens (primary N) is 1. The molecule has 16 heavy (non-hydrogen) atoms. The Bertz CT molecular complexity index is 217. The highest BCUT2D eigenvalue weighted by molar-refractivity contribution is 4.91. The van der Waals surface area contributed by atoms with Crippen LogP contribution in [0.3, 0.4) is 0 Å². The molecule has 4 unspecified atom stereocenters. The highest BCUT2D eigenvalue weighted by atomic mass is 15.1. The van der Waals surface area contributed by atoms with Gasteiger partial charge in [0.15, 0.2) is 0 Å². The Morgan fingerprint density at radius 1 is 1.31 bits per heavy atom. The summed E-state index contributed by atoms with van der Waals surface area (Å²) in [5.41, 5.74) is 5.57. The van der Waals surface area contributed by atoms with Crippen LogP contribution in [0.4, 0.5) is 0 Å². The van der Waals surface area contributed by atoms with Gasteiger partial charge >= 0.3 is 0 Å². The fourth-order valence-corrected chi connectivity index (χ4v) is 3.78. The maximum absolute atomic E-state index is 5.57. The maximum Gasteiger partial charge on any atom is 0.00644 e. The Labute approximate surface area is 101 Å². The minimum atomic E-state index is 0.711. The van der Waals surface area contributed by atoms with E-state index in [4.69, 9.17) is 5.73 Å². The van der Waals surface area contributed by atoms with Gasteiger partial charge in [0.05, 0.1) is 0 Å². The molecule has 0 heterocycles. The van der Waals surface area contributed by atoms with E-state index in [2.05, 4.69) is 18.9 Å². The first-order valence-electron chi connectivity index (χ1n) is 7.11. The summed E-state index contributed by atoms with van der Waals surface area (Å²) in [4.78, 5) is 2.57. The van der Waals surface area contributed by atoms with Crippen LogP contribution < -0.4 is 5.73 Å². The Morgan fingerprint density at radius 3 is 2.69 bits per heavy atom. The van der Waals surface area contributed by atoms with Crippen molar-refractivity contribution in [3.63, 3.8) is 0 Å². The van der Waals surface area contributed by atoms with E-state index < -0.39 is 0 Å². The molecule has 2 rings (SSSR count). The van der Waals surface area contributed by atoms with Crippen LogP contribution in [0.5, 0.6) is 0 Å². The van der Waals surface area contributed by atoms with Gasteiger partial charge in [-0.3, -0.25) is 0 Å². The van der Waals surface area contributed by atoms with E-state index in [1.807, 2.05) is 0 Å². The third kappa shape index (κ3) is 2.78. The highest BCUT2D eigenvalue weighted by Gasteiger charge is 2.39. The van der Waals surface area contributed by atoms with E-state index in [-0.39, 0.29) is 0 Å². The third-order valence-electron chi connectivity index (χ3n) is 4.99. The monoisotopic (exact) mass is 224 g/mol. The molecule has 0 aromatic rings. The lowest BCUT2D eigenvalue weighted by atomic mass is 9.88. The SMILES string of the molecule is CC(CCCN)N(C)CC1CC2CCC1C2. The lowest BCUT2D eigenvalue weighted by Gasteiger charge is -2.31. The summed E-state index contributed by atoms with van der Waals surface area (Å²) in [5, 5.41) is 0. The Hall–Kier alpha value is -0.0800. The quantitative estimate of drug-likeness (QED) is 0.751. The average molecular weight is 224 g/mol. The fourth-order valence-electron chi connectivity index (χ4n) is 3.78. The molecular formula is C14H28N2. The lowest BCUT2D eigenvalue weighted by Crippen LogP contribution is -2.35. The standard InChI is InChI=1S/C14H28N2/c1-11(4-3-7-15)16(2)10-14-9-12-5-6-13(14)8-12/h11-14H,3-10,15H2,1-2H3. The second-order valence-corrected chi connectivity index (χ2v) is 6.15. The van der Waals surface area contributed by atoms with Crippen LogP contribution in [0.2, 0.25) is 0 Å². The molecule has 0 amide bonds. The fraction of sp³-hybridized carbons (Fsp3) is 1.00. The first kappa shape index (κ1) is 12.4. The molecule has 0 aliphatic heterocycles. The van der Waals surface area contributed by atoms with Crippen molar-refractivity contribution < 1.29 is 0 Å². The predicted molar refractivity (Wildman–Crippen MR) is 69.3 cm³/mol. The van der Waals surface area contributed by atoms with Crippen LogP contribution in [0.25, 0.3) is 0 Å². The van der Waals surface area contributed by atoms with Gasteiger partial charge in [-0.05, 0) is 70.4 Å². The van der Waals surface area contributed by atoms with Crippen molar-refractivity contribution in [2.24, 2.45) is 23.5 Å². The van der Waals surface area contributed by atoms with E-state index in [9.17, 15) is 0 Å². The summed E-state index contributed by atoms with van der Waals surface area (Å²) in [6.07, 6.45) is 8.51. The summed E-state index contributed by atoms with van der Waals surface area (Å²) in [7, 11) is 2.30. The summed E-state index contributed by atoms with van der Waals surface area (Å²) in [6.45, 7) is 4.52. The van der Waals surface area contributed by atoms with Gasteiger partial charge in [-0.25, -0.2) is 0 Å². The van der Waals surface area contributed by atoms with Crippen molar-refractivity contribution in [1.29, 1.82) is 0 Å². The van der Waals surface area contributed by atoms with Crippen LogP contribution in [-0.4, -0.2) is 31.1 Å². The van der Waals surface area contributed by atoms with Gasteiger partial charge in [-0.1, -0.05) is 6.42 Å². The molecule has 94 valence electrons. The largest absolute Gasteiger partial charge is 0.330 e. The zero-order valence-corrected chi connectivity index (χ0v) is 11.0. The van der Waals surface area contributed by atoms with Crippen molar-refractivity contribution in [3.8, 4) is 0 Å². The first-order valence-corrected chi connectivity index (χ1v) is 7.11. The second-order valence-electron chi connectivity index (χ2n) is 6.15. The van der Waals surface area contributed by atoms with Crippen molar-refractivity contribution in [2.45, 2.75) is 51.5 Å². The lowest BCUT2D eigenvalue weighted by molar-refractivity contribution is 0.174. The zero-order valence-electron chi connectivity index (χ0n) is 11.0. The Morgan fingerprint density at radius 2 is 2.12 bits per heavy atom. The minimum absolute atomic E-state index is 0.711. The molecule has 2 saturated carbocycles. The molecule has 0 radical (unpaired) electrons. The van der Waals surface area contributed by atoms with E-state index >= 15 is 0 Å². The van der Waals surface area contributed by atoms with Crippen molar-refractivity contribution in [1.82, 2.24) is 4.90 Å². The molecule has 2 aliphatic carbocycles. The topological polar surface area (TPSA) is 29.3 Å². The number of hydrogen-bond acceptors (Lipinski definition) is 2. The van der Waals surface area contributed by atoms with Crippen LogP contribution in [0, 0.1) is 17.8 Å². The third-order valence-corrected chi connectivity index (χ3v) is 4.99. The number of fused-ring (bicyclic) bond motifs is 2. The van der Waals surface area contributed by atoms with Gasteiger partial charge < -0.3 is 10.6 Å². The molecule has 2 nitrogen and oxygen atoms in total. The van der Waals surface area contributed by atoms with Gasteiger partial charge in [-0.15, -0.1) is 0 Å². The molecule has 0 spiro atoms. The molecular weight excluding hydrogens is 196 g/mol. The normalized spacial score (nSPS) is 34.9. The van der Waals surface area contributed by atoms with Crippen molar-refractivity contribution >= 4 is 0 Å². The first-order chi connectivity index (χ1) is 7.70. The van der Waals surface area contributed by atoms with Crippen molar-refractivity contribution in [3.05, 3.63) is 0 Å². The van der Waals surface area contributed by atoms with Crippen LogP contribution >= 0.6 is 0 Å². The number of hydrogen-bond donors (Lipinski definition) is 1. The predicted octanol–water partition coefficient (Wildman–Crippen LogP) is 2.48. The molecule has 2 N–H and O–H groups in total. The summed E-state index contributed by atoms with van der Waals surface area (Å²) in [6, 6.07) is 0.711. The molecule has 2 fully saturated rings. The molecule has 0 saturated heterocycles. The summed E-state index contributed by atoms with van der Waals surface area (Å²) < 4.78 is 0. The van der Waals surface area contributed by atoms with E-state index in [0.717, 1.165) is 24.3 Å². The minimum Gasteiger partial charge on any atom is -0.330 e. The Kier molecular flexibility index (Phi) is 4.26. The molecule has 4 atom stereocenters. The molecule has 2 aliphatic rings. The zero-order chi connectivity index (χ0) is 11.5. The molecule has 2 bridgehead atoms. The van der Waals surface area contributed by atoms with Crippen LogP contribution in [0.15, 0.2) is 0 Å². The van der Waals surface area contributed by atoms with E-state index in [1.54, 1.807) is 0 Å². The van der Waals surface area contributed by atoms with Gasteiger partial charge in [0.2, 0.25) is 0 Å². The molecule has 0 aromatic heterocycles. The van der Waals surface area contributed by atoms with Crippen LogP contribution in [-0.2, 0) is 0 Å². The number of rotatable bonds is 6. The highest BCUT2D eigenvalue weighted by Crippen LogP contribution is 2.48. The second kappa shape index (κ2) is 5.50. The maximum atomic E-state index is 5.57. The van der Waals surface area contributed by atoms with Gasteiger partial charge in [0, 0.05) is 12.6 Å². The van der Waals surface area contributed by atoms with Gasteiger partial charge in [0.1, 0.15) is 0 Å². The van der Waals surface area contributed by atoms with Crippen LogP contribution in [0.1, 0.15) is 45.4 Å². The summed E-state index contributed by atoms with van der Waals surface area (Å²) >= 11 is 0. The Balaban J connectivity index is 1.72. The molecule has 2 heteroatoms. The average Bonchev–Trinajstić information content (AvgIpc) is 2.87. The van der Waals surface area contributed by atoms with Gasteiger partial charge in [-0.2, -0.15) is 0 Å². The van der Waals surface area contributed by atoms with E-state index in [0.29, 0.717) is 6.04 Å².